The third-order valence-electron chi connectivity index (χ3n) is 1.57. The van der Waals surface area contributed by atoms with Gasteiger partial charge in [-0.3, -0.25) is 4.79 Å². The summed E-state index contributed by atoms with van der Waals surface area (Å²) < 4.78 is 0. The van der Waals surface area contributed by atoms with Crippen LogP contribution in [-0.2, 0) is 4.79 Å². The quantitative estimate of drug-likeness (QED) is 0.594. The first kappa shape index (κ1) is 11.8. The third kappa shape index (κ3) is 5.43. The number of nitrogens with one attached hydrogen (secondary N) is 1. The van der Waals surface area contributed by atoms with Crippen LogP contribution in [0.2, 0.25) is 0 Å². The highest BCUT2D eigenvalue weighted by atomic mass is 32.2. The van der Waals surface area contributed by atoms with Gasteiger partial charge in [0.15, 0.2) is 0 Å². The molecule has 0 heterocycles. The van der Waals surface area contributed by atoms with E-state index in [-0.39, 0.29) is 6.04 Å². The molecular weight excluding hydrogens is 174 g/mol. The van der Waals surface area contributed by atoms with E-state index in [0.29, 0.717) is 6.42 Å². The van der Waals surface area contributed by atoms with Crippen LogP contribution in [0, 0.1) is 0 Å². The number of carboxylic acids is 1. The molecule has 4 heteroatoms. The van der Waals surface area contributed by atoms with Gasteiger partial charge in [0.25, 0.3) is 0 Å². The minimum absolute atomic E-state index is 0.359. The summed E-state index contributed by atoms with van der Waals surface area (Å²) in [6.45, 7) is 2.77. The van der Waals surface area contributed by atoms with Crippen LogP contribution in [0.5, 0.6) is 0 Å². The van der Waals surface area contributed by atoms with Gasteiger partial charge in [-0.05, 0) is 12.7 Å². The second-order valence-electron chi connectivity index (χ2n) is 2.63. The van der Waals surface area contributed by atoms with Crippen LogP contribution < -0.4 is 5.32 Å². The first-order chi connectivity index (χ1) is 5.72. The molecule has 0 rings (SSSR count). The maximum atomic E-state index is 10.6. The Balaban J connectivity index is 3.56. The molecule has 0 saturated carbocycles. The molecule has 12 heavy (non-hydrogen) atoms. The van der Waals surface area contributed by atoms with Crippen LogP contribution in [0.1, 0.15) is 19.8 Å². The molecule has 0 aromatic heterocycles. The van der Waals surface area contributed by atoms with Crippen molar-refractivity contribution in [2.24, 2.45) is 0 Å². The van der Waals surface area contributed by atoms with Gasteiger partial charge in [-0.15, -0.1) is 0 Å². The zero-order valence-corrected chi connectivity index (χ0v) is 8.49. The van der Waals surface area contributed by atoms with E-state index in [0.717, 1.165) is 18.7 Å². The molecule has 0 saturated heterocycles. The van der Waals surface area contributed by atoms with Crippen molar-refractivity contribution < 1.29 is 9.90 Å². The summed E-state index contributed by atoms with van der Waals surface area (Å²) in [6.07, 6.45) is 3.63. The molecule has 0 bridgehead atoms. The summed E-state index contributed by atoms with van der Waals surface area (Å²) in [4.78, 5) is 10.6. The Bertz CT molecular complexity index is 130. The van der Waals surface area contributed by atoms with Crippen molar-refractivity contribution in [3.05, 3.63) is 0 Å². The number of thioether (sulfide) groups is 1. The monoisotopic (exact) mass is 191 g/mol. The summed E-state index contributed by atoms with van der Waals surface area (Å²) in [5.41, 5.74) is 0. The zero-order valence-electron chi connectivity index (χ0n) is 7.67. The molecule has 3 nitrogen and oxygen atoms in total. The average Bonchev–Trinajstić information content (AvgIpc) is 2.03. The Labute approximate surface area is 77.9 Å². The summed E-state index contributed by atoms with van der Waals surface area (Å²) >= 11 is 1.72. The first-order valence-corrected chi connectivity index (χ1v) is 5.56. The maximum Gasteiger partial charge on any atom is 0.320 e. The van der Waals surface area contributed by atoms with Crippen LogP contribution in [0.15, 0.2) is 0 Å². The number of hydrogen-bond acceptors (Lipinski definition) is 3. The molecule has 0 aromatic carbocycles. The van der Waals surface area contributed by atoms with Crippen molar-refractivity contribution in [1.82, 2.24) is 5.32 Å². The molecule has 2 N–H and O–H groups in total. The molecule has 1 unspecified atom stereocenters. The molecule has 0 aliphatic rings. The van der Waals surface area contributed by atoms with Gasteiger partial charge >= 0.3 is 5.97 Å². The van der Waals surface area contributed by atoms with Crippen LogP contribution >= 0.6 is 11.8 Å². The van der Waals surface area contributed by atoms with E-state index in [4.69, 9.17) is 5.11 Å². The highest BCUT2D eigenvalue weighted by molar-refractivity contribution is 7.98. The lowest BCUT2D eigenvalue weighted by atomic mass is 10.2. The molecule has 72 valence electrons. The Morgan fingerprint density at radius 3 is 2.75 bits per heavy atom. The Morgan fingerprint density at radius 1 is 1.67 bits per heavy atom. The standard InChI is InChI=1S/C8H17NO2S/c1-3-4-7(8(10)11)9-5-6-12-2/h7,9H,3-6H2,1-2H3,(H,10,11). The SMILES string of the molecule is CCCC(NCCSC)C(=O)O. The zero-order chi connectivity index (χ0) is 9.40. The van der Waals surface area contributed by atoms with Crippen molar-refractivity contribution in [2.75, 3.05) is 18.6 Å². The fourth-order valence-corrected chi connectivity index (χ4v) is 1.26. The van der Waals surface area contributed by atoms with Crippen molar-refractivity contribution in [3.8, 4) is 0 Å². The van der Waals surface area contributed by atoms with E-state index >= 15 is 0 Å². The molecule has 0 aliphatic carbocycles. The largest absolute Gasteiger partial charge is 0.480 e. The first-order valence-electron chi connectivity index (χ1n) is 4.17. The highest BCUT2D eigenvalue weighted by Crippen LogP contribution is 1.97. The Morgan fingerprint density at radius 2 is 2.33 bits per heavy atom. The van der Waals surface area contributed by atoms with E-state index in [1.54, 1.807) is 11.8 Å². The molecule has 0 amide bonds. The van der Waals surface area contributed by atoms with Gasteiger partial charge in [-0.2, -0.15) is 11.8 Å². The number of aliphatic carboxylic acids is 1. The number of rotatable bonds is 7. The van der Waals surface area contributed by atoms with Crippen LogP contribution in [0.4, 0.5) is 0 Å². The normalized spacial score (nSPS) is 12.8. The van der Waals surface area contributed by atoms with Gasteiger partial charge < -0.3 is 10.4 Å². The maximum absolute atomic E-state index is 10.6. The average molecular weight is 191 g/mol. The van der Waals surface area contributed by atoms with E-state index in [9.17, 15) is 4.79 Å². The predicted molar refractivity (Wildman–Crippen MR) is 52.7 cm³/mol. The second kappa shape index (κ2) is 7.43. The highest BCUT2D eigenvalue weighted by Gasteiger charge is 2.13. The fourth-order valence-electron chi connectivity index (χ4n) is 0.937. The third-order valence-corrected chi connectivity index (χ3v) is 2.18. The van der Waals surface area contributed by atoms with Gasteiger partial charge in [0.05, 0.1) is 0 Å². The molecule has 0 aliphatic heterocycles. The van der Waals surface area contributed by atoms with Gasteiger partial charge in [-0.1, -0.05) is 13.3 Å². The van der Waals surface area contributed by atoms with Gasteiger partial charge in [-0.25, -0.2) is 0 Å². The molecule has 1 atom stereocenters. The summed E-state index contributed by atoms with van der Waals surface area (Å²) in [7, 11) is 0. The van der Waals surface area contributed by atoms with Gasteiger partial charge in [0, 0.05) is 12.3 Å². The number of carbonyl (C=O) groups is 1. The van der Waals surface area contributed by atoms with Gasteiger partial charge in [0.1, 0.15) is 6.04 Å². The van der Waals surface area contributed by atoms with Crippen molar-refractivity contribution in [1.29, 1.82) is 0 Å². The summed E-state index contributed by atoms with van der Waals surface area (Å²) in [5, 5.41) is 11.7. The van der Waals surface area contributed by atoms with Crippen LogP contribution in [0.25, 0.3) is 0 Å². The molecule has 0 radical (unpaired) electrons. The van der Waals surface area contributed by atoms with Crippen molar-refractivity contribution in [2.45, 2.75) is 25.8 Å². The fraction of sp³-hybridized carbons (Fsp3) is 0.875. The minimum Gasteiger partial charge on any atom is -0.480 e. The molecule has 0 fully saturated rings. The van der Waals surface area contributed by atoms with Gasteiger partial charge in [0.2, 0.25) is 0 Å². The number of carboxylic acid groups (broad SMARTS) is 1. The second-order valence-corrected chi connectivity index (χ2v) is 3.61. The minimum atomic E-state index is -0.738. The lowest BCUT2D eigenvalue weighted by Gasteiger charge is -2.12. The predicted octanol–water partition coefficient (Wildman–Crippen LogP) is 1.19. The lowest BCUT2D eigenvalue weighted by Crippen LogP contribution is -2.37. The van der Waals surface area contributed by atoms with E-state index < -0.39 is 5.97 Å². The topological polar surface area (TPSA) is 49.3 Å². The molecule has 0 spiro atoms. The van der Waals surface area contributed by atoms with Crippen LogP contribution in [-0.4, -0.2) is 35.7 Å². The smallest absolute Gasteiger partial charge is 0.320 e. The number of hydrogen-bond donors (Lipinski definition) is 2. The van der Waals surface area contributed by atoms with E-state index in [1.807, 2.05) is 13.2 Å². The summed E-state index contributed by atoms with van der Waals surface area (Å²) in [6, 6.07) is -0.359. The van der Waals surface area contributed by atoms with Crippen LogP contribution in [0.3, 0.4) is 0 Å². The van der Waals surface area contributed by atoms with Crippen molar-refractivity contribution >= 4 is 17.7 Å². The summed E-state index contributed by atoms with van der Waals surface area (Å²) in [5.74, 6) is 0.228. The molecule has 0 aromatic rings. The molecular formula is C8H17NO2S. The van der Waals surface area contributed by atoms with Crippen molar-refractivity contribution in [3.63, 3.8) is 0 Å². The lowest BCUT2D eigenvalue weighted by molar-refractivity contribution is -0.139. The Hall–Kier alpha value is -0.220. The Kier molecular flexibility index (Phi) is 7.29. The van der Waals surface area contributed by atoms with E-state index in [2.05, 4.69) is 5.32 Å². The van der Waals surface area contributed by atoms with E-state index in [1.165, 1.54) is 0 Å².